The number of ether oxygens (including phenoxy) is 3. The molecule has 0 aromatic heterocycles. The van der Waals surface area contributed by atoms with Crippen LogP contribution >= 0.6 is 0 Å². The zero-order valence-corrected chi connectivity index (χ0v) is 7.37. The second kappa shape index (κ2) is 2.42. The molecular formula is C8H14O4. The highest BCUT2D eigenvalue weighted by Gasteiger charge is 2.57. The monoisotopic (exact) mass is 174 g/mol. The third-order valence-electron chi connectivity index (χ3n) is 2.28. The Bertz CT molecular complexity index is 191. The Labute approximate surface area is 71.4 Å². The summed E-state index contributed by atoms with van der Waals surface area (Å²) in [5.74, 6) is -1.52. The van der Waals surface area contributed by atoms with Crippen molar-refractivity contribution in [1.29, 1.82) is 0 Å². The van der Waals surface area contributed by atoms with Gasteiger partial charge in [0.2, 0.25) is 5.79 Å². The molecule has 0 aromatic carbocycles. The summed E-state index contributed by atoms with van der Waals surface area (Å²) >= 11 is 0. The maximum atomic E-state index is 9.13. The van der Waals surface area contributed by atoms with E-state index in [2.05, 4.69) is 0 Å². The van der Waals surface area contributed by atoms with E-state index in [0.29, 0.717) is 6.61 Å². The van der Waals surface area contributed by atoms with Crippen molar-refractivity contribution in [2.75, 3.05) is 13.2 Å². The number of aliphatic hydroxyl groups excluding tert-OH is 1. The maximum Gasteiger partial charge on any atom is 0.221 e. The standard InChI is InChI=1S/C8H14O4/c1-7(2)11-6-3-4-10-8(6,5-9)12-7/h6,9H,3-5H2,1-2H3. The van der Waals surface area contributed by atoms with Gasteiger partial charge in [-0.25, -0.2) is 0 Å². The second-order valence-corrected chi connectivity index (χ2v) is 3.72. The molecule has 0 bridgehead atoms. The average Bonchev–Trinajstić information content (AvgIpc) is 2.40. The van der Waals surface area contributed by atoms with Crippen LogP contribution in [0.3, 0.4) is 0 Å². The Balaban J connectivity index is 2.20. The van der Waals surface area contributed by atoms with Crippen LogP contribution < -0.4 is 0 Å². The maximum absolute atomic E-state index is 9.13. The van der Waals surface area contributed by atoms with Crippen molar-refractivity contribution >= 4 is 0 Å². The van der Waals surface area contributed by atoms with Gasteiger partial charge in [-0.3, -0.25) is 0 Å². The molecule has 0 aromatic rings. The molecule has 70 valence electrons. The fourth-order valence-electron chi connectivity index (χ4n) is 1.86. The van der Waals surface area contributed by atoms with Gasteiger partial charge in [0.25, 0.3) is 0 Å². The molecule has 2 atom stereocenters. The Morgan fingerprint density at radius 3 is 2.83 bits per heavy atom. The molecule has 2 aliphatic rings. The number of hydrogen-bond acceptors (Lipinski definition) is 4. The molecule has 4 nitrogen and oxygen atoms in total. The summed E-state index contributed by atoms with van der Waals surface area (Å²) < 4.78 is 16.4. The van der Waals surface area contributed by atoms with Gasteiger partial charge >= 0.3 is 0 Å². The summed E-state index contributed by atoms with van der Waals surface area (Å²) in [7, 11) is 0. The van der Waals surface area contributed by atoms with Crippen LogP contribution in [0.25, 0.3) is 0 Å². The molecule has 0 spiro atoms. The average molecular weight is 174 g/mol. The summed E-state index contributed by atoms with van der Waals surface area (Å²) in [6.07, 6.45) is 0.682. The number of rotatable bonds is 1. The van der Waals surface area contributed by atoms with Crippen molar-refractivity contribution in [3.63, 3.8) is 0 Å². The molecule has 2 fully saturated rings. The molecule has 12 heavy (non-hydrogen) atoms. The van der Waals surface area contributed by atoms with Crippen molar-refractivity contribution in [3.8, 4) is 0 Å². The van der Waals surface area contributed by atoms with Crippen molar-refractivity contribution in [1.82, 2.24) is 0 Å². The minimum absolute atomic E-state index is 0.113. The van der Waals surface area contributed by atoms with E-state index in [4.69, 9.17) is 19.3 Å². The van der Waals surface area contributed by atoms with E-state index >= 15 is 0 Å². The molecule has 4 heteroatoms. The lowest BCUT2D eigenvalue weighted by molar-refractivity contribution is -0.257. The highest BCUT2D eigenvalue weighted by molar-refractivity contribution is 4.92. The van der Waals surface area contributed by atoms with Crippen molar-refractivity contribution in [2.45, 2.75) is 37.9 Å². The van der Waals surface area contributed by atoms with Gasteiger partial charge < -0.3 is 19.3 Å². The third kappa shape index (κ3) is 1.07. The van der Waals surface area contributed by atoms with Gasteiger partial charge in [-0.2, -0.15) is 0 Å². The van der Waals surface area contributed by atoms with Crippen LogP contribution in [0.5, 0.6) is 0 Å². The van der Waals surface area contributed by atoms with Gasteiger partial charge in [-0.15, -0.1) is 0 Å². The quantitative estimate of drug-likeness (QED) is 0.619. The van der Waals surface area contributed by atoms with Gasteiger partial charge in [-0.05, 0) is 13.8 Å². The largest absolute Gasteiger partial charge is 0.391 e. The molecular weight excluding hydrogens is 160 g/mol. The topological polar surface area (TPSA) is 47.9 Å². The van der Waals surface area contributed by atoms with Crippen LogP contribution in [-0.2, 0) is 14.2 Å². The van der Waals surface area contributed by atoms with Crippen molar-refractivity contribution < 1.29 is 19.3 Å². The van der Waals surface area contributed by atoms with E-state index in [9.17, 15) is 0 Å². The minimum Gasteiger partial charge on any atom is -0.391 e. The first-order valence-electron chi connectivity index (χ1n) is 4.21. The molecule has 1 N–H and O–H groups in total. The normalized spacial score (nSPS) is 44.8. The Kier molecular flexibility index (Phi) is 1.70. The Morgan fingerprint density at radius 1 is 1.50 bits per heavy atom. The lowest BCUT2D eigenvalue weighted by atomic mass is 10.1. The zero-order valence-electron chi connectivity index (χ0n) is 7.37. The Hall–Kier alpha value is -0.160. The fourth-order valence-corrected chi connectivity index (χ4v) is 1.86. The molecule has 2 saturated heterocycles. The van der Waals surface area contributed by atoms with E-state index in [1.54, 1.807) is 0 Å². The third-order valence-corrected chi connectivity index (χ3v) is 2.28. The highest BCUT2D eigenvalue weighted by Crippen LogP contribution is 2.42. The van der Waals surface area contributed by atoms with Gasteiger partial charge in [0.1, 0.15) is 12.7 Å². The molecule has 0 aliphatic carbocycles. The van der Waals surface area contributed by atoms with Crippen LogP contribution in [0.4, 0.5) is 0 Å². The number of hydrogen-bond donors (Lipinski definition) is 1. The summed E-state index contributed by atoms with van der Waals surface area (Å²) in [5.41, 5.74) is 0. The smallest absolute Gasteiger partial charge is 0.221 e. The van der Waals surface area contributed by atoms with E-state index < -0.39 is 11.6 Å². The predicted octanol–water partition coefficient (Wildman–Crippen LogP) is 0.247. The predicted molar refractivity (Wildman–Crippen MR) is 40.4 cm³/mol. The van der Waals surface area contributed by atoms with Crippen LogP contribution in [0.2, 0.25) is 0 Å². The number of fused-ring (bicyclic) bond motifs is 1. The molecule has 2 unspecified atom stereocenters. The summed E-state index contributed by atoms with van der Waals surface area (Å²) in [5, 5.41) is 9.13. The van der Waals surface area contributed by atoms with Crippen LogP contribution in [0.1, 0.15) is 20.3 Å². The SMILES string of the molecule is CC1(C)OC2CCOC2(CO)O1. The van der Waals surface area contributed by atoms with E-state index in [-0.39, 0.29) is 12.7 Å². The van der Waals surface area contributed by atoms with E-state index in [1.807, 2.05) is 13.8 Å². The molecule has 2 heterocycles. The first-order valence-corrected chi connectivity index (χ1v) is 4.21. The van der Waals surface area contributed by atoms with Gasteiger partial charge in [0.05, 0.1) is 6.61 Å². The second-order valence-electron chi connectivity index (χ2n) is 3.72. The van der Waals surface area contributed by atoms with Crippen LogP contribution in [0.15, 0.2) is 0 Å². The first kappa shape index (κ1) is 8.44. The molecule has 2 rings (SSSR count). The van der Waals surface area contributed by atoms with E-state index in [0.717, 1.165) is 6.42 Å². The van der Waals surface area contributed by atoms with Crippen molar-refractivity contribution in [2.24, 2.45) is 0 Å². The van der Waals surface area contributed by atoms with E-state index in [1.165, 1.54) is 0 Å². The zero-order chi connectivity index (χ0) is 8.82. The molecule has 0 saturated carbocycles. The summed E-state index contributed by atoms with van der Waals surface area (Å²) in [6, 6.07) is 0. The lowest BCUT2D eigenvalue weighted by Gasteiger charge is -2.24. The minimum atomic E-state index is -0.885. The summed E-state index contributed by atoms with van der Waals surface area (Å²) in [6.45, 7) is 4.11. The number of aliphatic hydroxyl groups is 1. The lowest BCUT2D eigenvalue weighted by Crippen LogP contribution is -2.41. The first-order chi connectivity index (χ1) is 5.58. The molecule has 2 aliphatic heterocycles. The van der Waals surface area contributed by atoms with Crippen LogP contribution in [-0.4, -0.2) is 36.0 Å². The summed E-state index contributed by atoms with van der Waals surface area (Å²) in [4.78, 5) is 0. The van der Waals surface area contributed by atoms with Crippen molar-refractivity contribution in [3.05, 3.63) is 0 Å². The Morgan fingerprint density at radius 2 is 2.25 bits per heavy atom. The van der Waals surface area contributed by atoms with Crippen LogP contribution in [0, 0.1) is 0 Å². The van der Waals surface area contributed by atoms with Gasteiger partial charge in [0, 0.05) is 6.42 Å². The highest BCUT2D eigenvalue weighted by atomic mass is 16.8. The fraction of sp³-hybridized carbons (Fsp3) is 1.00. The van der Waals surface area contributed by atoms with Gasteiger partial charge in [-0.1, -0.05) is 0 Å². The molecule has 0 amide bonds. The van der Waals surface area contributed by atoms with Gasteiger partial charge in [0.15, 0.2) is 5.79 Å². The molecule has 0 radical (unpaired) electrons.